The molecule has 29 heavy (non-hydrogen) atoms. The molecule has 0 unspecified atom stereocenters. The highest BCUT2D eigenvalue weighted by molar-refractivity contribution is 7.89. The van der Waals surface area contributed by atoms with E-state index in [4.69, 9.17) is 9.88 Å². The molecule has 0 heterocycles. The molecule has 1 atom stereocenters. The van der Waals surface area contributed by atoms with E-state index in [9.17, 15) is 18.0 Å². The highest BCUT2D eigenvalue weighted by atomic mass is 32.2. The molecule has 2 aromatic carbocycles. The number of nitrogens with two attached hydrogens (primary N) is 1. The predicted octanol–water partition coefficient (Wildman–Crippen LogP) is 2.73. The number of primary sulfonamides is 1. The van der Waals surface area contributed by atoms with Crippen LogP contribution in [-0.2, 0) is 19.6 Å². The Bertz CT molecular complexity index is 958. The second kappa shape index (κ2) is 10.0. The Balaban J connectivity index is 2.00. The molecule has 4 N–H and O–H groups in total. The Morgan fingerprint density at radius 2 is 1.76 bits per heavy atom. The third kappa shape index (κ3) is 6.58. The van der Waals surface area contributed by atoms with Gasteiger partial charge >= 0.3 is 5.97 Å². The Hall–Kier alpha value is -2.91. The first-order chi connectivity index (χ1) is 13.7. The van der Waals surface area contributed by atoms with E-state index < -0.39 is 28.0 Å². The van der Waals surface area contributed by atoms with E-state index in [-0.39, 0.29) is 4.90 Å². The lowest BCUT2D eigenvalue weighted by atomic mass is 10.1. The van der Waals surface area contributed by atoms with Crippen molar-refractivity contribution in [3.63, 3.8) is 0 Å². The van der Waals surface area contributed by atoms with Crippen molar-refractivity contribution in [2.45, 2.75) is 37.7 Å². The zero-order valence-electron chi connectivity index (χ0n) is 16.3. The van der Waals surface area contributed by atoms with Gasteiger partial charge in [-0.15, -0.1) is 0 Å². The highest BCUT2D eigenvalue weighted by Crippen LogP contribution is 2.18. The van der Waals surface area contributed by atoms with Gasteiger partial charge in [0.05, 0.1) is 10.5 Å². The minimum atomic E-state index is -3.81. The highest BCUT2D eigenvalue weighted by Gasteiger charge is 2.21. The van der Waals surface area contributed by atoms with E-state index in [0.29, 0.717) is 16.9 Å². The molecule has 0 aliphatic heterocycles. The average Bonchev–Trinajstić information content (AvgIpc) is 2.68. The SMILES string of the molecule is CCCCNc1ccccc1C(=O)O[C@H](C)C(=O)Nc1ccc(S(N)(=O)=O)cc1. The number of carbonyl (C=O) groups is 2. The number of hydrogen-bond donors (Lipinski definition) is 3. The van der Waals surface area contributed by atoms with Gasteiger partial charge in [-0.2, -0.15) is 0 Å². The smallest absolute Gasteiger partial charge is 0.341 e. The van der Waals surface area contributed by atoms with Crippen molar-refractivity contribution in [2.24, 2.45) is 5.14 Å². The molecule has 0 saturated carbocycles. The number of rotatable bonds is 9. The van der Waals surface area contributed by atoms with E-state index >= 15 is 0 Å². The summed E-state index contributed by atoms with van der Waals surface area (Å²) in [5, 5.41) is 10.8. The Morgan fingerprint density at radius 1 is 1.10 bits per heavy atom. The number of ether oxygens (including phenoxy) is 1. The van der Waals surface area contributed by atoms with Crippen molar-refractivity contribution in [1.82, 2.24) is 0 Å². The number of unbranched alkanes of at least 4 members (excludes halogenated alkanes) is 1. The molecule has 0 saturated heterocycles. The summed E-state index contributed by atoms with van der Waals surface area (Å²) in [6.07, 6.45) is 0.936. The fourth-order valence-electron chi connectivity index (χ4n) is 2.46. The standard InChI is InChI=1S/C20H25N3O5S/c1-3-4-13-22-18-8-6-5-7-17(18)20(25)28-14(2)19(24)23-15-9-11-16(12-10-15)29(21,26)27/h5-12,14,22H,3-4,13H2,1-2H3,(H,23,24)(H2,21,26,27)/t14-/m1/s1. The van der Waals surface area contributed by atoms with Crippen molar-refractivity contribution >= 4 is 33.3 Å². The van der Waals surface area contributed by atoms with Crippen LogP contribution in [0.3, 0.4) is 0 Å². The predicted molar refractivity (Wildman–Crippen MR) is 111 cm³/mol. The van der Waals surface area contributed by atoms with Crippen LogP contribution in [-0.4, -0.2) is 32.9 Å². The molecule has 0 aliphatic rings. The van der Waals surface area contributed by atoms with Gasteiger partial charge in [0.15, 0.2) is 6.10 Å². The fraction of sp³-hybridized carbons (Fsp3) is 0.300. The van der Waals surface area contributed by atoms with Crippen LogP contribution in [0.25, 0.3) is 0 Å². The van der Waals surface area contributed by atoms with Gasteiger partial charge in [0, 0.05) is 17.9 Å². The van der Waals surface area contributed by atoms with Crippen molar-refractivity contribution < 1.29 is 22.7 Å². The van der Waals surface area contributed by atoms with Gasteiger partial charge in [-0.3, -0.25) is 4.79 Å². The summed E-state index contributed by atoms with van der Waals surface area (Å²) in [5.41, 5.74) is 1.35. The van der Waals surface area contributed by atoms with Crippen LogP contribution in [0.4, 0.5) is 11.4 Å². The average molecular weight is 420 g/mol. The van der Waals surface area contributed by atoms with E-state index in [1.165, 1.54) is 31.2 Å². The molecule has 156 valence electrons. The van der Waals surface area contributed by atoms with Gasteiger partial charge in [-0.05, 0) is 49.7 Å². The monoisotopic (exact) mass is 419 g/mol. The third-order valence-corrected chi connectivity index (χ3v) is 5.03. The zero-order chi connectivity index (χ0) is 21.4. The lowest BCUT2D eigenvalue weighted by Crippen LogP contribution is -2.30. The second-order valence-electron chi connectivity index (χ2n) is 6.43. The molecule has 0 aliphatic carbocycles. The van der Waals surface area contributed by atoms with Gasteiger partial charge in [0.2, 0.25) is 10.0 Å². The Morgan fingerprint density at radius 3 is 2.38 bits per heavy atom. The van der Waals surface area contributed by atoms with Crippen LogP contribution in [0.1, 0.15) is 37.0 Å². The van der Waals surface area contributed by atoms with Gasteiger partial charge in [-0.1, -0.05) is 25.5 Å². The molecular weight excluding hydrogens is 394 g/mol. The van der Waals surface area contributed by atoms with E-state index in [1.54, 1.807) is 18.2 Å². The van der Waals surface area contributed by atoms with Crippen LogP contribution in [0.5, 0.6) is 0 Å². The van der Waals surface area contributed by atoms with Crippen LogP contribution in [0.2, 0.25) is 0 Å². The molecule has 0 spiro atoms. The lowest BCUT2D eigenvalue weighted by Gasteiger charge is -2.16. The van der Waals surface area contributed by atoms with Gasteiger partial charge in [-0.25, -0.2) is 18.4 Å². The molecule has 0 bridgehead atoms. The van der Waals surface area contributed by atoms with E-state index in [0.717, 1.165) is 19.4 Å². The summed E-state index contributed by atoms with van der Waals surface area (Å²) in [6, 6.07) is 12.3. The van der Waals surface area contributed by atoms with Gasteiger partial charge in [0.25, 0.3) is 5.91 Å². The van der Waals surface area contributed by atoms with Crippen molar-refractivity contribution in [3.8, 4) is 0 Å². The lowest BCUT2D eigenvalue weighted by molar-refractivity contribution is -0.123. The van der Waals surface area contributed by atoms with Gasteiger partial charge < -0.3 is 15.4 Å². The number of carbonyl (C=O) groups excluding carboxylic acids is 2. The summed E-state index contributed by atoms with van der Waals surface area (Å²) < 4.78 is 27.8. The molecule has 0 radical (unpaired) electrons. The third-order valence-electron chi connectivity index (χ3n) is 4.10. The number of esters is 1. The number of hydrogen-bond acceptors (Lipinski definition) is 6. The number of anilines is 2. The molecule has 2 aromatic rings. The second-order valence-corrected chi connectivity index (χ2v) is 7.99. The quantitative estimate of drug-likeness (QED) is 0.424. The first-order valence-electron chi connectivity index (χ1n) is 9.20. The maximum Gasteiger partial charge on any atom is 0.341 e. The normalized spacial score (nSPS) is 12.1. The molecular formula is C20H25N3O5S. The number of benzene rings is 2. The van der Waals surface area contributed by atoms with Crippen molar-refractivity contribution in [1.29, 1.82) is 0 Å². The summed E-state index contributed by atoms with van der Waals surface area (Å²) in [5.74, 6) is -1.16. The minimum Gasteiger partial charge on any atom is -0.449 e. The summed E-state index contributed by atoms with van der Waals surface area (Å²) >= 11 is 0. The fourth-order valence-corrected chi connectivity index (χ4v) is 2.98. The van der Waals surface area contributed by atoms with Crippen LogP contribution < -0.4 is 15.8 Å². The van der Waals surface area contributed by atoms with Gasteiger partial charge in [0.1, 0.15) is 0 Å². The van der Waals surface area contributed by atoms with Crippen molar-refractivity contribution in [3.05, 3.63) is 54.1 Å². The topological polar surface area (TPSA) is 128 Å². The maximum absolute atomic E-state index is 12.5. The zero-order valence-corrected chi connectivity index (χ0v) is 17.2. The molecule has 9 heteroatoms. The Labute approximate surface area is 170 Å². The van der Waals surface area contributed by atoms with Crippen LogP contribution in [0, 0.1) is 0 Å². The summed E-state index contributed by atoms with van der Waals surface area (Å²) in [4.78, 5) is 24.7. The number of sulfonamides is 1. The summed E-state index contributed by atoms with van der Waals surface area (Å²) in [7, 11) is -3.81. The Kier molecular flexibility index (Phi) is 7.74. The number of amides is 1. The van der Waals surface area contributed by atoms with E-state index in [1.807, 2.05) is 6.07 Å². The molecule has 0 fully saturated rings. The molecule has 8 nitrogen and oxygen atoms in total. The molecule has 2 rings (SSSR count). The first kappa shape index (κ1) is 22.4. The first-order valence-corrected chi connectivity index (χ1v) is 10.7. The largest absolute Gasteiger partial charge is 0.449 e. The molecule has 1 amide bonds. The summed E-state index contributed by atoms with van der Waals surface area (Å²) in [6.45, 7) is 4.26. The van der Waals surface area contributed by atoms with Crippen LogP contribution >= 0.6 is 0 Å². The van der Waals surface area contributed by atoms with E-state index in [2.05, 4.69) is 17.6 Å². The minimum absolute atomic E-state index is 0.0674. The van der Waals surface area contributed by atoms with Crippen LogP contribution in [0.15, 0.2) is 53.4 Å². The maximum atomic E-state index is 12.5. The van der Waals surface area contributed by atoms with Crippen molar-refractivity contribution in [2.75, 3.05) is 17.2 Å². The molecule has 0 aromatic heterocycles. The number of para-hydroxylation sites is 1. The number of nitrogens with one attached hydrogen (secondary N) is 2.